The second kappa shape index (κ2) is 5.43. The highest BCUT2D eigenvalue weighted by Gasteiger charge is 2.50. The van der Waals surface area contributed by atoms with Crippen LogP contribution in [-0.2, 0) is 10.0 Å². The molecule has 1 aromatic rings. The molecule has 1 saturated heterocycles. The molecule has 2 aliphatic heterocycles. The fraction of sp³-hybridized carbons (Fsp3) is 0.600. The fourth-order valence-corrected chi connectivity index (χ4v) is 5.64. The van der Waals surface area contributed by atoms with Gasteiger partial charge in [0.25, 0.3) is 0 Å². The molecule has 124 valence electrons. The van der Waals surface area contributed by atoms with Crippen LogP contribution in [0.2, 0.25) is 5.15 Å². The van der Waals surface area contributed by atoms with Crippen LogP contribution in [0.4, 0.5) is 0 Å². The van der Waals surface area contributed by atoms with Gasteiger partial charge in [-0.15, -0.1) is 0 Å². The Labute approximate surface area is 140 Å². The van der Waals surface area contributed by atoms with Crippen molar-refractivity contribution in [2.45, 2.75) is 56.0 Å². The van der Waals surface area contributed by atoms with Crippen molar-refractivity contribution in [3.05, 3.63) is 29.2 Å². The lowest BCUT2D eigenvalue weighted by Crippen LogP contribution is -2.50. The van der Waals surface area contributed by atoms with Crippen molar-refractivity contribution in [3.8, 4) is 5.88 Å². The Morgan fingerprint density at radius 3 is 2.48 bits per heavy atom. The predicted molar refractivity (Wildman–Crippen MR) is 85.9 cm³/mol. The normalized spacial score (nSPS) is 30.6. The van der Waals surface area contributed by atoms with Gasteiger partial charge in [-0.05, 0) is 19.8 Å². The maximum atomic E-state index is 12.6. The standard InChI is InChI=1S/C15H18ClN3O3S/c1-9-14(16)17-8-18-15(9)22-12-6-10-2-3-11(7-12)19(10)23(20,21)13-4-5-13/h2-3,8,10-13H,4-7H2,1H3. The number of aromatic nitrogens is 2. The molecule has 3 aliphatic rings. The molecule has 0 aromatic carbocycles. The summed E-state index contributed by atoms with van der Waals surface area (Å²) < 4.78 is 32.8. The fourth-order valence-electron chi connectivity index (χ4n) is 3.37. The van der Waals surface area contributed by atoms with Gasteiger partial charge in [-0.2, -0.15) is 4.31 Å². The van der Waals surface area contributed by atoms with Gasteiger partial charge in [0, 0.05) is 30.5 Å². The number of hydrogen-bond acceptors (Lipinski definition) is 5. The topological polar surface area (TPSA) is 72.4 Å². The Bertz CT molecular complexity index is 747. The summed E-state index contributed by atoms with van der Waals surface area (Å²) in [5.74, 6) is 0.480. The zero-order chi connectivity index (χ0) is 16.2. The van der Waals surface area contributed by atoms with E-state index in [1.807, 2.05) is 19.1 Å². The third-order valence-electron chi connectivity index (χ3n) is 4.71. The molecule has 1 aliphatic carbocycles. The summed E-state index contributed by atoms with van der Waals surface area (Å²) >= 11 is 5.99. The maximum absolute atomic E-state index is 12.6. The largest absolute Gasteiger partial charge is 0.474 e. The highest BCUT2D eigenvalue weighted by molar-refractivity contribution is 7.90. The van der Waals surface area contributed by atoms with E-state index in [4.69, 9.17) is 16.3 Å². The van der Waals surface area contributed by atoms with E-state index in [1.165, 1.54) is 6.33 Å². The minimum absolute atomic E-state index is 0.0738. The van der Waals surface area contributed by atoms with Crippen molar-refractivity contribution >= 4 is 21.6 Å². The van der Waals surface area contributed by atoms with E-state index in [2.05, 4.69) is 9.97 Å². The predicted octanol–water partition coefficient (Wildman–Crippen LogP) is 2.08. The highest BCUT2D eigenvalue weighted by atomic mass is 35.5. The van der Waals surface area contributed by atoms with Gasteiger partial charge in [0.1, 0.15) is 17.6 Å². The van der Waals surface area contributed by atoms with E-state index in [0.29, 0.717) is 29.4 Å². The molecule has 0 amide bonds. The first-order valence-corrected chi connectivity index (χ1v) is 9.69. The monoisotopic (exact) mass is 355 g/mol. The Morgan fingerprint density at radius 1 is 1.22 bits per heavy atom. The summed E-state index contributed by atoms with van der Waals surface area (Å²) in [7, 11) is -3.17. The molecule has 0 N–H and O–H groups in total. The molecule has 0 radical (unpaired) electrons. The van der Waals surface area contributed by atoms with Gasteiger partial charge >= 0.3 is 0 Å². The van der Waals surface area contributed by atoms with Gasteiger partial charge in [-0.1, -0.05) is 23.8 Å². The minimum atomic E-state index is -3.17. The molecular formula is C15H18ClN3O3S. The van der Waals surface area contributed by atoms with E-state index < -0.39 is 10.0 Å². The number of hydrogen-bond donors (Lipinski definition) is 0. The third-order valence-corrected chi connectivity index (χ3v) is 7.54. The lowest BCUT2D eigenvalue weighted by molar-refractivity contribution is 0.0982. The first kappa shape index (κ1) is 15.4. The van der Waals surface area contributed by atoms with E-state index in [9.17, 15) is 8.42 Å². The molecular weight excluding hydrogens is 338 g/mol. The van der Waals surface area contributed by atoms with Crippen molar-refractivity contribution in [2.75, 3.05) is 0 Å². The van der Waals surface area contributed by atoms with Crippen LogP contribution in [0, 0.1) is 6.92 Å². The maximum Gasteiger partial charge on any atom is 0.221 e. The first-order chi connectivity index (χ1) is 11.0. The van der Waals surface area contributed by atoms with Crippen LogP contribution in [0.3, 0.4) is 0 Å². The number of halogens is 1. The Kier molecular flexibility index (Phi) is 3.62. The zero-order valence-corrected chi connectivity index (χ0v) is 14.3. The SMILES string of the molecule is Cc1c(Cl)ncnc1OC1CC2C=CC(C1)N2S(=O)(=O)C1CC1. The van der Waals surface area contributed by atoms with Gasteiger partial charge < -0.3 is 4.74 Å². The summed E-state index contributed by atoms with van der Waals surface area (Å²) in [6.07, 6.45) is 8.15. The summed E-state index contributed by atoms with van der Waals surface area (Å²) in [5.41, 5.74) is 0.711. The van der Waals surface area contributed by atoms with Gasteiger partial charge in [-0.25, -0.2) is 18.4 Å². The van der Waals surface area contributed by atoms with Crippen LogP contribution in [0.15, 0.2) is 18.5 Å². The third kappa shape index (κ3) is 2.64. The summed E-state index contributed by atoms with van der Waals surface area (Å²) in [5, 5.41) is 0.206. The van der Waals surface area contributed by atoms with Crippen LogP contribution in [-0.4, -0.2) is 46.1 Å². The number of nitrogens with zero attached hydrogens (tertiary/aromatic N) is 3. The molecule has 23 heavy (non-hydrogen) atoms. The van der Waals surface area contributed by atoms with Crippen molar-refractivity contribution < 1.29 is 13.2 Å². The van der Waals surface area contributed by atoms with Crippen LogP contribution in [0.1, 0.15) is 31.2 Å². The molecule has 1 saturated carbocycles. The second-order valence-corrected chi connectivity index (χ2v) is 8.88. The van der Waals surface area contributed by atoms with Crippen molar-refractivity contribution in [2.24, 2.45) is 0 Å². The van der Waals surface area contributed by atoms with E-state index >= 15 is 0 Å². The van der Waals surface area contributed by atoms with E-state index in [1.54, 1.807) is 4.31 Å². The minimum Gasteiger partial charge on any atom is -0.474 e. The number of ether oxygens (including phenoxy) is 1. The lowest BCUT2D eigenvalue weighted by Gasteiger charge is -2.38. The molecule has 3 heterocycles. The smallest absolute Gasteiger partial charge is 0.221 e. The quantitative estimate of drug-likeness (QED) is 0.610. The van der Waals surface area contributed by atoms with Crippen LogP contribution < -0.4 is 4.74 Å². The Morgan fingerprint density at radius 2 is 1.87 bits per heavy atom. The molecule has 2 atom stereocenters. The molecule has 6 nitrogen and oxygen atoms in total. The Hall–Kier alpha value is -1.18. The molecule has 2 fully saturated rings. The molecule has 4 rings (SSSR count). The number of fused-ring (bicyclic) bond motifs is 2. The number of rotatable bonds is 4. The number of sulfonamides is 1. The second-order valence-electron chi connectivity index (χ2n) is 6.40. The van der Waals surface area contributed by atoms with Gasteiger partial charge in [-0.3, -0.25) is 0 Å². The average Bonchev–Trinajstić information content (AvgIpc) is 3.31. The lowest BCUT2D eigenvalue weighted by atomic mass is 10.0. The molecule has 2 bridgehead atoms. The van der Waals surface area contributed by atoms with Crippen molar-refractivity contribution in [3.63, 3.8) is 0 Å². The molecule has 2 unspecified atom stereocenters. The highest BCUT2D eigenvalue weighted by Crippen LogP contribution is 2.40. The summed E-state index contributed by atoms with van der Waals surface area (Å²) in [4.78, 5) is 8.06. The van der Waals surface area contributed by atoms with Crippen LogP contribution in [0.5, 0.6) is 5.88 Å². The van der Waals surface area contributed by atoms with Gasteiger partial charge in [0.15, 0.2) is 0 Å². The number of piperidine rings is 1. The first-order valence-electron chi connectivity index (χ1n) is 7.81. The zero-order valence-electron chi connectivity index (χ0n) is 12.7. The van der Waals surface area contributed by atoms with Crippen molar-refractivity contribution in [1.82, 2.24) is 14.3 Å². The summed E-state index contributed by atoms with van der Waals surface area (Å²) in [6, 6.07) is -0.219. The van der Waals surface area contributed by atoms with Gasteiger partial charge in [0.05, 0.1) is 5.25 Å². The average molecular weight is 356 g/mol. The van der Waals surface area contributed by atoms with Crippen LogP contribution >= 0.6 is 11.6 Å². The van der Waals surface area contributed by atoms with Crippen molar-refractivity contribution in [1.29, 1.82) is 0 Å². The Balaban J connectivity index is 1.51. The van der Waals surface area contributed by atoms with Crippen LogP contribution in [0.25, 0.3) is 0 Å². The summed E-state index contributed by atoms with van der Waals surface area (Å²) in [6.45, 7) is 1.82. The van der Waals surface area contributed by atoms with E-state index in [0.717, 1.165) is 12.8 Å². The van der Waals surface area contributed by atoms with E-state index in [-0.39, 0.29) is 23.4 Å². The molecule has 8 heteroatoms. The molecule has 1 aromatic heterocycles. The van der Waals surface area contributed by atoms with Gasteiger partial charge in [0.2, 0.25) is 15.9 Å². The molecule has 0 spiro atoms.